The van der Waals surface area contributed by atoms with Crippen molar-refractivity contribution in [2.45, 2.75) is 58.4 Å². The summed E-state index contributed by atoms with van der Waals surface area (Å²) in [6.07, 6.45) is 8.16. The Morgan fingerprint density at radius 3 is 2.25 bits per heavy atom. The standard InChI is InChI=1S/C12H27NO2S/c1-4-6-7-8-9-12(13-10-5-2)11-16(3,14)15/h12-13H,4-11H2,1-3H3. The Balaban J connectivity index is 3.90. The van der Waals surface area contributed by atoms with Gasteiger partial charge in [0.05, 0.1) is 5.75 Å². The molecular formula is C12H27NO2S. The van der Waals surface area contributed by atoms with Crippen molar-refractivity contribution in [3.8, 4) is 0 Å². The van der Waals surface area contributed by atoms with Crippen molar-refractivity contribution in [1.29, 1.82) is 0 Å². The lowest BCUT2D eigenvalue weighted by molar-refractivity contribution is 0.479. The van der Waals surface area contributed by atoms with E-state index in [-0.39, 0.29) is 11.8 Å². The zero-order valence-corrected chi connectivity index (χ0v) is 11.8. The van der Waals surface area contributed by atoms with E-state index in [2.05, 4.69) is 19.2 Å². The van der Waals surface area contributed by atoms with Crippen molar-refractivity contribution in [3.05, 3.63) is 0 Å². The van der Waals surface area contributed by atoms with Gasteiger partial charge in [0, 0.05) is 12.3 Å². The second-order valence-electron chi connectivity index (χ2n) is 4.59. The van der Waals surface area contributed by atoms with Crippen LogP contribution in [0.3, 0.4) is 0 Å². The van der Waals surface area contributed by atoms with E-state index in [0.717, 1.165) is 25.8 Å². The first-order chi connectivity index (χ1) is 7.49. The van der Waals surface area contributed by atoms with Gasteiger partial charge >= 0.3 is 0 Å². The van der Waals surface area contributed by atoms with Crippen molar-refractivity contribution >= 4 is 9.84 Å². The van der Waals surface area contributed by atoms with Crippen LogP contribution in [0.1, 0.15) is 52.4 Å². The monoisotopic (exact) mass is 249 g/mol. The molecule has 3 nitrogen and oxygen atoms in total. The smallest absolute Gasteiger partial charge is 0.148 e. The second kappa shape index (κ2) is 8.99. The molecule has 0 amide bonds. The molecule has 0 saturated heterocycles. The van der Waals surface area contributed by atoms with E-state index in [9.17, 15) is 8.42 Å². The molecule has 0 aliphatic rings. The van der Waals surface area contributed by atoms with Gasteiger partial charge in [0.1, 0.15) is 9.84 Å². The molecule has 0 radical (unpaired) electrons. The topological polar surface area (TPSA) is 46.2 Å². The Kier molecular flexibility index (Phi) is 8.94. The molecule has 1 atom stereocenters. The predicted molar refractivity (Wildman–Crippen MR) is 70.6 cm³/mol. The summed E-state index contributed by atoms with van der Waals surface area (Å²) in [5.74, 6) is 0.277. The molecule has 1 N–H and O–H groups in total. The molecule has 0 aliphatic heterocycles. The highest BCUT2D eigenvalue weighted by Gasteiger charge is 2.13. The van der Waals surface area contributed by atoms with Gasteiger partial charge in [-0.2, -0.15) is 0 Å². The largest absolute Gasteiger partial charge is 0.313 e. The lowest BCUT2D eigenvalue weighted by atomic mass is 10.1. The first kappa shape index (κ1) is 15.9. The zero-order chi connectivity index (χ0) is 12.4. The average Bonchev–Trinajstić information content (AvgIpc) is 2.18. The maximum Gasteiger partial charge on any atom is 0.148 e. The zero-order valence-electron chi connectivity index (χ0n) is 11.0. The van der Waals surface area contributed by atoms with Crippen molar-refractivity contribution in [1.82, 2.24) is 5.32 Å². The summed E-state index contributed by atoms with van der Waals surface area (Å²) in [5.41, 5.74) is 0. The number of unbranched alkanes of at least 4 members (excludes halogenated alkanes) is 3. The van der Waals surface area contributed by atoms with Crippen molar-refractivity contribution in [2.75, 3.05) is 18.6 Å². The fraction of sp³-hybridized carbons (Fsp3) is 1.00. The highest BCUT2D eigenvalue weighted by Crippen LogP contribution is 2.07. The molecule has 0 bridgehead atoms. The summed E-state index contributed by atoms with van der Waals surface area (Å²) in [4.78, 5) is 0. The maximum atomic E-state index is 11.3. The fourth-order valence-electron chi connectivity index (χ4n) is 1.78. The molecule has 0 aliphatic carbocycles. The van der Waals surface area contributed by atoms with Crippen LogP contribution in [0.5, 0.6) is 0 Å². The maximum absolute atomic E-state index is 11.3. The molecule has 98 valence electrons. The summed E-state index contributed by atoms with van der Waals surface area (Å²) in [6.45, 7) is 5.19. The number of nitrogens with one attached hydrogen (secondary N) is 1. The van der Waals surface area contributed by atoms with Crippen molar-refractivity contribution in [3.63, 3.8) is 0 Å². The van der Waals surface area contributed by atoms with Gasteiger partial charge in [-0.15, -0.1) is 0 Å². The minimum absolute atomic E-state index is 0.145. The molecule has 1 unspecified atom stereocenters. The molecule has 0 aromatic heterocycles. The van der Waals surface area contributed by atoms with Crippen LogP contribution in [0.15, 0.2) is 0 Å². The third-order valence-corrected chi connectivity index (χ3v) is 3.60. The van der Waals surface area contributed by atoms with Gasteiger partial charge in [-0.3, -0.25) is 0 Å². The Morgan fingerprint density at radius 2 is 1.75 bits per heavy atom. The SMILES string of the molecule is CCCCCCC(CS(C)(=O)=O)NCCC. The lowest BCUT2D eigenvalue weighted by Crippen LogP contribution is -2.35. The lowest BCUT2D eigenvalue weighted by Gasteiger charge is -2.17. The summed E-state index contributed by atoms with van der Waals surface area (Å²) >= 11 is 0. The van der Waals surface area contributed by atoms with Crippen molar-refractivity contribution < 1.29 is 8.42 Å². The molecule has 4 heteroatoms. The summed E-state index contributed by atoms with van der Waals surface area (Å²) in [6, 6.07) is 0.145. The van der Waals surface area contributed by atoms with Crippen LogP contribution in [-0.4, -0.2) is 33.0 Å². The highest BCUT2D eigenvalue weighted by atomic mass is 32.2. The first-order valence-electron chi connectivity index (χ1n) is 6.40. The predicted octanol–water partition coefficient (Wildman–Crippen LogP) is 2.37. The van der Waals surface area contributed by atoms with E-state index < -0.39 is 9.84 Å². The van der Waals surface area contributed by atoms with Crippen LogP contribution in [0.25, 0.3) is 0 Å². The molecule has 0 fully saturated rings. The van der Waals surface area contributed by atoms with Crippen LogP contribution in [0, 0.1) is 0 Å². The van der Waals surface area contributed by atoms with Crippen LogP contribution < -0.4 is 5.32 Å². The van der Waals surface area contributed by atoms with Gasteiger partial charge in [-0.1, -0.05) is 39.5 Å². The van der Waals surface area contributed by atoms with Crippen LogP contribution in [0.4, 0.5) is 0 Å². The van der Waals surface area contributed by atoms with Gasteiger partial charge < -0.3 is 5.32 Å². The van der Waals surface area contributed by atoms with Crippen LogP contribution in [0.2, 0.25) is 0 Å². The molecule has 0 heterocycles. The number of sulfone groups is 1. The molecule has 16 heavy (non-hydrogen) atoms. The minimum Gasteiger partial charge on any atom is -0.313 e. The molecule has 0 spiro atoms. The van der Waals surface area contributed by atoms with Gasteiger partial charge in [0.15, 0.2) is 0 Å². The Morgan fingerprint density at radius 1 is 1.06 bits per heavy atom. The Hall–Kier alpha value is -0.0900. The quantitative estimate of drug-likeness (QED) is 0.605. The van der Waals surface area contributed by atoms with E-state index in [1.165, 1.54) is 25.5 Å². The second-order valence-corrected chi connectivity index (χ2v) is 6.78. The van der Waals surface area contributed by atoms with Gasteiger partial charge in [-0.05, 0) is 19.4 Å². The van der Waals surface area contributed by atoms with Gasteiger partial charge in [0.25, 0.3) is 0 Å². The van der Waals surface area contributed by atoms with E-state index in [1.807, 2.05) is 0 Å². The van der Waals surface area contributed by atoms with E-state index >= 15 is 0 Å². The van der Waals surface area contributed by atoms with Crippen molar-refractivity contribution in [2.24, 2.45) is 0 Å². The molecular weight excluding hydrogens is 222 g/mol. The summed E-state index contributed by atoms with van der Waals surface area (Å²) < 4.78 is 22.5. The van der Waals surface area contributed by atoms with E-state index in [1.54, 1.807) is 0 Å². The third-order valence-electron chi connectivity index (χ3n) is 2.59. The highest BCUT2D eigenvalue weighted by molar-refractivity contribution is 7.90. The number of hydrogen-bond acceptors (Lipinski definition) is 3. The first-order valence-corrected chi connectivity index (χ1v) is 8.46. The third kappa shape index (κ3) is 10.4. The van der Waals surface area contributed by atoms with Gasteiger partial charge in [0.2, 0.25) is 0 Å². The van der Waals surface area contributed by atoms with E-state index in [0.29, 0.717) is 0 Å². The molecule has 0 aromatic rings. The Bertz CT molecular complexity index is 250. The number of hydrogen-bond donors (Lipinski definition) is 1. The average molecular weight is 249 g/mol. The normalized spacial score (nSPS) is 13.9. The molecule has 0 rings (SSSR count). The number of rotatable bonds is 10. The fourth-order valence-corrected chi connectivity index (χ4v) is 2.79. The molecule has 0 saturated carbocycles. The van der Waals surface area contributed by atoms with Crippen LogP contribution >= 0.6 is 0 Å². The van der Waals surface area contributed by atoms with E-state index in [4.69, 9.17) is 0 Å². The molecule has 0 aromatic carbocycles. The Labute approximate surface area is 101 Å². The summed E-state index contributed by atoms with van der Waals surface area (Å²) in [5, 5.41) is 3.32. The van der Waals surface area contributed by atoms with Crippen LogP contribution in [-0.2, 0) is 9.84 Å². The summed E-state index contributed by atoms with van der Waals surface area (Å²) in [7, 11) is -2.86. The minimum atomic E-state index is -2.86. The van der Waals surface area contributed by atoms with Gasteiger partial charge in [-0.25, -0.2) is 8.42 Å².